The average Bonchev–Trinajstić information content (AvgIpc) is 3.29. The number of nitrogens with one attached hydrogen (secondary N) is 1. The zero-order valence-electron chi connectivity index (χ0n) is 26.4. The number of benzene rings is 2. The lowest BCUT2D eigenvalue weighted by molar-refractivity contribution is -0.143. The van der Waals surface area contributed by atoms with Gasteiger partial charge in [0.15, 0.2) is 23.1 Å². The molecule has 4 rings (SSSR count). The molecule has 1 fully saturated rings. The van der Waals surface area contributed by atoms with Crippen molar-refractivity contribution in [1.29, 1.82) is 5.41 Å². The van der Waals surface area contributed by atoms with Crippen LogP contribution in [0.25, 0.3) is 0 Å². The van der Waals surface area contributed by atoms with Gasteiger partial charge in [0.1, 0.15) is 17.4 Å². The van der Waals surface area contributed by atoms with Crippen LogP contribution in [-0.2, 0) is 26.3 Å². The van der Waals surface area contributed by atoms with Gasteiger partial charge in [0.05, 0.1) is 45.2 Å². The molecule has 10 nitrogen and oxygen atoms in total. The predicted molar refractivity (Wildman–Crippen MR) is 164 cm³/mol. The Labute approximate surface area is 257 Å². The van der Waals surface area contributed by atoms with Crippen LogP contribution in [0.2, 0.25) is 0 Å². The van der Waals surface area contributed by atoms with E-state index in [4.69, 9.17) is 24.4 Å². The van der Waals surface area contributed by atoms with Gasteiger partial charge in [-0.3, -0.25) is 19.8 Å². The molecule has 0 aromatic heterocycles. The Hall–Kier alpha value is -4.15. The van der Waals surface area contributed by atoms with Crippen molar-refractivity contribution in [3.8, 4) is 17.2 Å². The van der Waals surface area contributed by atoms with Crippen molar-refractivity contribution >= 4 is 29.1 Å². The van der Waals surface area contributed by atoms with Gasteiger partial charge in [-0.15, -0.1) is 0 Å². The molecule has 0 saturated carbocycles. The van der Waals surface area contributed by atoms with Crippen LogP contribution in [0.1, 0.15) is 80.4 Å². The number of nitrogens with zero attached hydrogens (tertiary/aromatic N) is 2. The highest BCUT2D eigenvalue weighted by Crippen LogP contribution is 2.42. The van der Waals surface area contributed by atoms with Crippen LogP contribution in [0.15, 0.2) is 18.2 Å². The fraction of sp³-hybridized carbons (Fsp3) is 0.515. The number of halogens is 1. The maximum absolute atomic E-state index is 15.3. The zero-order chi connectivity index (χ0) is 32.2. The summed E-state index contributed by atoms with van der Waals surface area (Å²) in [6.07, 6.45) is 1.48. The highest BCUT2D eigenvalue weighted by molar-refractivity contribution is 6.06. The lowest BCUT2D eigenvalue weighted by Crippen LogP contribution is -2.35. The van der Waals surface area contributed by atoms with Crippen molar-refractivity contribution in [2.24, 2.45) is 0 Å². The Bertz CT molecular complexity index is 1440. The SMILES string of the molecule is CCOC(=O)CCCOc1c(N2CCC(=O)CC2)cc(C(=O)CN2Cc3cc(OC)c(OC)c(F)c3C2=N)cc1C(C)(C)C. The maximum Gasteiger partial charge on any atom is 0.305 e. The second-order valence-corrected chi connectivity index (χ2v) is 12.0. The molecule has 0 unspecified atom stereocenters. The minimum Gasteiger partial charge on any atom is -0.493 e. The number of ether oxygens (including phenoxy) is 4. The third-order valence-electron chi connectivity index (χ3n) is 7.88. The summed E-state index contributed by atoms with van der Waals surface area (Å²) < 4.78 is 37.1. The Morgan fingerprint density at radius 3 is 2.36 bits per heavy atom. The molecule has 11 heteroatoms. The predicted octanol–water partition coefficient (Wildman–Crippen LogP) is 5.06. The normalized spacial score (nSPS) is 14.9. The number of methoxy groups -OCH3 is 2. The molecule has 44 heavy (non-hydrogen) atoms. The quantitative estimate of drug-likeness (QED) is 0.200. The molecule has 2 aliphatic rings. The standard InChI is InChI=1S/C33H42FN3O7/c1-7-43-27(40)9-8-14-44-30-23(33(2,3)4)15-20(16-24(30)36-12-10-22(38)11-13-36)25(39)19-37-18-21-17-26(41-5)31(42-6)29(34)28(21)32(37)35/h15-17,35H,7-14,18-19H2,1-6H3. The number of carbonyl (C=O) groups is 3. The minimum atomic E-state index is -0.691. The summed E-state index contributed by atoms with van der Waals surface area (Å²) in [5.41, 5.74) is 2.17. The van der Waals surface area contributed by atoms with E-state index in [2.05, 4.69) is 4.90 Å². The monoisotopic (exact) mass is 611 g/mol. The fourth-order valence-electron chi connectivity index (χ4n) is 5.56. The third-order valence-corrected chi connectivity index (χ3v) is 7.88. The van der Waals surface area contributed by atoms with E-state index < -0.39 is 11.2 Å². The summed E-state index contributed by atoms with van der Waals surface area (Å²) in [4.78, 5) is 41.4. The summed E-state index contributed by atoms with van der Waals surface area (Å²) in [6, 6.07) is 5.24. The summed E-state index contributed by atoms with van der Waals surface area (Å²) in [6.45, 7) is 9.47. The number of rotatable bonds is 12. The molecule has 1 N–H and O–H groups in total. The van der Waals surface area contributed by atoms with E-state index in [0.29, 0.717) is 61.5 Å². The lowest BCUT2D eigenvalue weighted by atomic mass is 9.84. The van der Waals surface area contributed by atoms with Crippen LogP contribution >= 0.6 is 0 Å². The molecule has 2 aromatic carbocycles. The molecule has 2 aliphatic heterocycles. The number of esters is 1. The first kappa shape index (κ1) is 32.8. The number of anilines is 1. The molecule has 1 saturated heterocycles. The van der Waals surface area contributed by atoms with E-state index in [1.54, 1.807) is 19.1 Å². The van der Waals surface area contributed by atoms with Gasteiger partial charge >= 0.3 is 5.97 Å². The van der Waals surface area contributed by atoms with E-state index >= 15 is 4.39 Å². The Balaban J connectivity index is 1.65. The number of Topliss-reactive ketones (excluding diaryl/α,β-unsaturated/α-hetero) is 2. The van der Waals surface area contributed by atoms with Crippen LogP contribution in [0.4, 0.5) is 10.1 Å². The van der Waals surface area contributed by atoms with Gasteiger partial charge in [-0.1, -0.05) is 20.8 Å². The highest BCUT2D eigenvalue weighted by atomic mass is 19.1. The molecule has 0 aliphatic carbocycles. The smallest absolute Gasteiger partial charge is 0.305 e. The Kier molecular flexibility index (Phi) is 10.2. The molecule has 2 aromatic rings. The largest absolute Gasteiger partial charge is 0.493 e. The topological polar surface area (TPSA) is 118 Å². The summed E-state index contributed by atoms with van der Waals surface area (Å²) in [5.74, 6) is -0.361. The third kappa shape index (κ3) is 6.97. The van der Waals surface area contributed by atoms with E-state index in [-0.39, 0.29) is 66.6 Å². The average molecular weight is 612 g/mol. The molecule has 238 valence electrons. The number of ketones is 2. The zero-order valence-corrected chi connectivity index (χ0v) is 26.4. The number of hydrogen-bond donors (Lipinski definition) is 1. The van der Waals surface area contributed by atoms with Gasteiger partial charge in [0.25, 0.3) is 0 Å². The molecule has 0 bridgehead atoms. The summed E-state index contributed by atoms with van der Waals surface area (Å²) >= 11 is 0. The van der Waals surface area contributed by atoms with E-state index in [9.17, 15) is 14.4 Å². The number of hydrogen-bond acceptors (Lipinski definition) is 9. The van der Waals surface area contributed by atoms with E-state index in [1.165, 1.54) is 19.1 Å². The van der Waals surface area contributed by atoms with E-state index in [0.717, 1.165) is 5.56 Å². The van der Waals surface area contributed by atoms with Crippen LogP contribution in [0.5, 0.6) is 17.2 Å². The van der Waals surface area contributed by atoms with Crippen molar-refractivity contribution in [1.82, 2.24) is 4.90 Å². The molecule has 2 heterocycles. The number of piperidine rings is 1. The van der Waals surface area contributed by atoms with Crippen molar-refractivity contribution in [2.75, 3.05) is 52.0 Å². The van der Waals surface area contributed by atoms with Crippen molar-refractivity contribution < 1.29 is 37.7 Å². The van der Waals surface area contributed by atoms with Crippen molar-refractivity contribution in [2.45, 2.75) is 65.3 Å². The van der Waals surface area contributed by atoms with Gasteiger partial charge < -0.3 is 28.7 Å². The lowest BCUT2D eigenvalue weighted by Gasteiger charge is -2.33. The van der Waals surface area contributed by atoms with Crippen LogP contribution in [0.3, 0.4) is 0 Å². The first-order valence-corrected chi connectivity index (χ1v) is 14.9. The molecule has 0 radical (unpaired) electrons. The van der Waals surface area contributed by atoms with Crippen molar-refractivity contribution in [3.63, 3.8) is 0 Å². The summed E-state index contributed by atoms with van der Waals surface area (Å²) in [5, 5.41) is 8.68. The van der Waals surface area contributed by atoms with Gasteiger partial charge in [0, 0.05) is 50.0 Å². The fourth-order valence-corrected chi connectivity index (χ4v) is 5.56. The Morgan fingerprint density at radius 2 is 1.75 bits per heavy atom. The van der Waals surface area contributed by atoms with Gasteiger partial charge in [0.2, 0.25) is 0 Å². The first-order chi connectivity index (χ1) is 20.9. The van der Waals surface area contributed by atoms with Gasteiger partial charge in [-0.05, 0) is 42.5 Å². The summed E-state index contributed by atoms with van der Waals surface area (Å²) in [7, 11) is 2.76. The second kappa shape index (κ2) is 13.7. The van der Waals surface area contributed by atoms with E-state index in [1.807, 2.05) is 26.8 Å². The highest BCUT2D eigenvalue weighted by Gasteiger charge is 2.34. The number of fused-ring (bicyclic) bond motifs is 1. The molecular formula is C33H42FN3O7. The number of amidine groups is 1. The molecular weight excluding hydrogens is 569 g/mol. The van der Waals surface area contributed by atoms with Gasteiger partial charge in [-0.25, -0.2) is 4.39 Å². The number of carbonyl (C=O) groups excluding carboxylic acids is 3. The van der Waals surface area contributed by atoms with Crippen molar-refractivity contribution in [3.05, 3.63) is 46.3 Å². The molecule has 0 atom stereocenters. The van der Waals surface area contributed by atoms with Crippen LogP contribution in [0, 0.1) is 11.2 Å². The second-order valence-electron chi connectivity index (χ2n) is 12.0. The van der Waals surface area contributed by atoms with Crippen LogP contribution in [-0.4, -0.2) is 75.3 Å². The maximum atomic E-state index is 15.3. The van der Waals surface area contributed by atoms with Crippen LogP contribution < -0.4 is 19.1 Å². The van der Waals surface area contributed by atoms with Gasteiger partial charge in [-0.2, -0.15) is 0 Å². The molecule has 0 amide bonds. The minimum absolute atomic E-state index is 0.0819. The first-order valence-electron chi connectivity index (χ1n) is 14.9. The Morgan fingerprint density at radius 1 is 1.05 bits per heavy atom. The molecule has 0 spiro atoms.